The Bertz CT molecular complexity index is 6030. The van der Waals surface area contributed by atoms with Crippen molar-refractivity contribution < 1.29 is 0 Å². The molecule has 8 heteroatoms. The summed E-state index contributed by atoms with van der Waals surface area (Å²) in [6.07, 6.45) is 35.2. The van der Waals surface area contributed by atoms with Gasteiger partial charge in [-0.1, -0.05) is 249 Å². The minimum Gasteiger partial charge on any atom is -0.654 e. The van der Waals surface area contributed by atoms with Gasteiger partial charge in [-0.2, -0.15) is 0 Å². The van der Waals surface area contributed by atoms with Gasteiger partial charge in [-0.25, -0.2) is 4.98 Å². The number of nitrogens with zero attached hydrogens (tertiary/aromatic N) is 2. The molecule has 0 saturated heterocycles. The summed E-state index contributed by atoms with van der Waals surface area (Å²) < 4.78 is 0. The molecule has 0 spiro atoms. The van der Waals surface area contributed by atoms with E-state index in [1.165, 1.54) is 236 Å². The summed E-state index contributed by atoms with van der Waals surface area (Å²) in [6, 6.07) is 38.1. The number of rotatable bonds is 32. The molecule has 2 aliphatic heterocycles. The lowest BCUT2D eigenvalue weighted by Gasteiger charge is -2.11. The molecular weight excluding hydrogens is 1270 g/mol. The van der Waals surface area contributed by atoms with Crippen LogP contribution in [0.1, 0.15) is 254 Å². The van der Waals surface area contributed by atoms with Gasteiger partial charge < -0.3 is 29.9 Å². The fourth-order valence-electron chi connectivity index (χ4n) is 19.8. The van der Waals surface area contributed by atoms with Crippen LogP contribution >= 0.6 is 0 Å². The van der Waals surface area contributed by atoms with Gasteiger partial charge in [0.05, 0.1) is 55.1 Å². The fourth-order valence-corrected chi connectivity index (χ4v) is 19.8. The number of nitrogens with one attached hydrogen (secondary N) is 6. The molecule has 8 nitrogen and oxygen atoms in total. The summed E-state index contributed by atoms with van der Waals surface area (Å²) in [5.74, 6) is 0. The van der Waals surface area contributed by atoms with E-state index in [2.05, 4.69) is 183 Å². The molecule has 2 aliphatic rings. The summed E-state index contributed by atoms with van der Waals surface area (Å²) in [5, 5.41) is 25.9. The average Bonchev–Trinajstić information content (AvgIpc) is 1.54. The largest absolute Gasteiger partial charge is 0.654 e. The van der Waals surface area contributed by atoms with Gasteiger partial charge in [0.15, 0.2) is 11.4 Å². The molecule has 0 amide bonds. The second-order valence-electron chi connectivity index (χ2n) is 31.5. The minimum absolute atomic E-state index is 0.953. The van der Waals surface area contributed by atoms with Gasteiger partial charge in [-0.05, 0) is 174 Å². The Hall–Kier alpha value is -8.88. The number of unbranched alkanes of at least 4 members (excludes halogenated alkanes) is 16. The molecule has 0 saturated carbocycles. The van der Waals surface area contributed by atoms with Crippen molar-refractivity contribution in [1.82, 2.24) is 34.9 Å². The number of anilines is 2. The Kier molecular flexibility index (Phi) is 19.2. The predicted octanol–water partition coefficient (Wildman–Crippen LogP) is 28.7. The number of aromatic amines is 5. The number of aryl methyl sites for hydroxylation is 8. The number of aromatic nitrogens is 7. The summed E-state index contributed by atoms with van der Waals surface area (Å²) in [5.41, 5.74) is 30.4. The SMILES string of the molecule is CCCCCc1c2nc3c4c(c5ccccc5c13)[c+](CCCCC)c(c1[nH]c3c5[nH]c(c(CCCCC)c5c5ccccc5c3c1CCCCC)c1[n-]c3c5[nH]c(c(CCCCC)c5c5ccccc5c3c1CCCCC)c1[nH]c3c5[nH]c2c(CCCCC)c5c2ccccc2c3c1CCCCC)N4. The fraction of sp³-hybridized carbons (Fsp3) is 0.417. The molecule has 104 heavy (non-hydrogen) atoms. The maximum absolute atomic E-state index is 6.35. The molecule has 0 unspecified atom stereocenters. The van der Waals surface area contributed by atoms with E-state index in [4.69, 9.17) is 9.97 Å². The van der Waals surface area contributed by atoms with E-state index < -0.39 is 0 Å². The highest BCUT2D eigenvalue weighted by atomic mass is 15.0. The zero-order chi connectivity index (χ0) is 70.7. The third-order valence-electron chi connectivity index (χ3n) is 24.8. The molecule has 6 N–H and O–H groups in total. The van der Waals surface area contributed by atoms with Crippen molar-refractivity contribution >= 4 is 175 Å². The molecule has 534 valence electrons. The third-order valence-corrected chi connectivity index (χ3v) is 24.8. The first-order valence-corrected chi connectivity index (χ1v) is 41.7. The van der Waals surface area contributed by atoms with E-state index in [1.807, 2.05) is 0 Å². The quantitative estimate of drug-likeness (QED) is 0.0186. The maximum atomic E-state index is 6.35. The van der Waals surface area contributed by atoms with Crippen LogP contribution in [0.3, 0.4) is 0 Å². The van der Waals surface area contributed by atoms with Crippen molar-refractivity contribution in [3.63, 3.8) is 0 Å². The summed E-state index contributed by atoms with van der Waals surface area (Å²) in [4.78, 5) is 35.2. The number of hydrogen-bond donors (Lipinski definition) is 6. The van der Waals surface area contributed by atoms with Crippen LogP contribution < -0.4 is 10.3 Å². The lowest BCUT2D eigenvalue weighted by Crippen LogP contribution is -1.93. The van der Waals surface area contributed by atoms with Crippen molar-refractivity contribution in [3.8, 4) is 0 Å². The first-order valence-electron chi connectivity index (χ1n) is 41.7. The Morgan fingerprint density at radius 3 is 1.06 bits per heavy atom. The topological polar surface area (TPSA) is 118 Å². The molecule has 0 aliphatic carbocycles. The van der Waals surface area contributed by atoms with Crippen molar-refractivity contribution in [2.75, 3.05) is 5.32 Å². The average molecular weight is 1380 g/mol. The third kappa shape index (κ3) is 11.1. The summed E-state index contributed by atoms with van der Waals surface area (Å²) in [7, 11) is 0. The van der Waals surface area contributed by atoms with E-state index in [0.29, 0.717) is 0 Å². The van der Waals surface area contributed by atoms with Gasteiger partial charge in [0.25, 0.3) is 0 Å². The lowest BCUT2D eigenvalue weighted by molar-refractivity contribution is 0.720. The highest BCUT2D eigenvalue weighted by molar-refractivity contribution is 6.35. The van der Waals surface area contributed by atoms with E-state index in [-0.39, 0.29) is 0 Å². The van der Waals surface area contributed by atoms with Crippen LogP contribution in [0.25, 0.3) is 163 Å². The normalized spacial score (nSPS) is 12.8. The first kappa shape index (κ1) is 68.2. The van der Waals surface area contributed by atoms with Crippen molar-refractivity contribution in [3.05, 3.63) is 142 Å². The maximum Gasteiger partial charge on any atom is 0.160 e. The molecule has 17 rings (SSSR count). The van der Waals surface area contributed by atoms with E-state index in [0.717, 1.165) is 189 Å². The van der Waals surface area contributed by atoms with Crippen LogP contribution in [0, 0.1) is 0 Å². The minimum atomic E-state index is 0.953. The van der Waals surface area contributed by atoms with Gasteiger partial charge >= 0.3 is 0 Å². The number of hydrogen-bond acceptors (Lipinski definition) is 2. The van der Waals surface area contributed by atoms with Gasteiger partial charge in [-0.15, -0.1) is 11.0 Å². The zero-order valence-electron chi connectivity index (χ0n) is 63.8. The monoisotopic (exact) mass is 1370 g/mol. The van der Waals surface area contributed by atoms with Crippen LogP contribution in [0.5, 0.6) is 0 Å². The zero-order valence-corrected chi connectivity index (χ0v) is 63.8. The molecule has 0 radical (unpaired) electrons. The van der Waals surface area contributed by atoms with Crippen LogP contribution in [0.2, 0.25) is 0 Å². The van der Waals surface area contributed by atoms with Crippen molar-refractivity contribution in [2.45, 2.75) is 261 Å². The molecule has 7 aromatic heterocycles. The van der Waals surface area contributed by atoms with Gasteiger partial charge in [-0.3, -0.25) is 5.32 Å². The Morgan fingerprint density at radius 1 is 0.279 bits per heavy atom. The van der Waals surface area contributed by atoms with Crippen LogP contribution in [-0.2, 0) is 51.4 Å². The van der Waals surface area contributed by atoms with Crippen molar-refractivity contribution in [1.29, 1.82) is 0 Å². The van der Waals surface area contributed by atoms with Gasteiger partial charge in [0.2, 0.25) is 0 Å². The second-order valence-corrected chi connectivity index (χ2v) is 31.5. The number of fused-ring (bicyclic) bond motifs is 24. The Balaban J connectivity index is 1.15. The lowest BCUT2D eigenvalue weighted by atomic mass is 9.92. The van der Waals surface area contributed by atoms with Gasteiger partial charge in [0, 0.05) is 60.7 Å². The van der Waals surface area contributed by atoms with E-state index in [9.17, 15) is 0 Å². The van der Waals surface area contributed by atoms with E-state index >= 15 is 0 Å². The molecule has 0 atom stereocenters. The summed E-state index contributed by atoms with van der Waals surface area (Å²) >= 11 is 0. The molecule has 8 aromatic carbocycles. The van der Waals surface area contributed by atoms with Crippen LogP contribution in [0.4, 0.5) is 11.4 Å². The molecule has 15 aromatic rings. The van der Waals surface area contributed by atoms with Crippen LogP contribution in [0.15, 0.2) is 97.1 Å². The molecule has 0 fully saturated rings. The highest BCUT2D eigenvalue weighted by Gasteiger charge is 2.36. The van der Waals surface area contributed by atoms with Crippen molar-refractivity contribution in [2.24, 2.45) is 0 Å². The summed E-state index contributed by atoms with van der Waals surface area (Å²) in [6.45, 7) is 18.9. The Labute approximate surface area is 613 Å². The smallest absolute Gasteiger partial charge is 0.160 e. The predicted molar refractivity (Wildman–Crippen MR) is 454 cm³/mol. The Morgan fingerprint density at radius 2 is 0.606 bits per heavy atom. The highest BCUT2D eigenvalue weighted by Crippen LogP contribution is 2.54. The molecular formula is C96H110N8. The number of H-pyrrole nitrogens is 5. The first-order chi connectivity index (χ1) is 51.4. The standard InChI is InChI=1S/C96H110N8/c1-9-17-25-49-65-73-57-41-33-34-42-58(57)74-67(51-27-19-11-3)83-84-69(53-29-21-13-5)77-61-45-37-38-46-62(61)79-71(55-31-23-15-7)87(103-94(79)93(77)101-84)88-72(56-32-24-16-8)80-64-48-40-39-47-63(64)78-70(54-30-22-14-6)86(102-95(78)96(80)104-88)85-68(52-28-20-12-4)76-60-44-36-35-43-59(60)75-66(50-26-18-10-2)82(98-91(75)92(76)100-85)81(65)97-89(73)90(74)99-83/h33-48,97-99,102-104H,9-32,49-56H2,1-8H3. The van der Waals surface area contributed by atoms with E-state index in [1.54, 1.807) is 0 Å². The molecule has 16 bridgehead atoms. The van der Waals surface area contributed by atoms with Crippen LogP contribution in [-0.4, -0.2) is 29.9 Å². The second kappa shape index (κ2) is 29.2. The molecule has 9 heterocycles. The number of benzene rings is 8. The van der Waals surface area contributed by atoms with Gasteiger partial charge in [0.1, 0.15) is 16.4 Å².